The van der Waals surface area contributed by atoms with Crippen molar-refractivity contribution in [2.24, 2.45) is 0 Å². The number of thiocarbonyl (C=S) groups is 1. The fraction of sp³-hybridized carbons (Fsp3) is 0.0800. The Kier molecular flexibility index (Phi) is 7.55. The summed E-state index contributed by atoms with van der Waals surface area (Å²) in [5.41, 5.74) is 1.64. The maximum atomic E-state index is 12.3. The molecule has 7 nitrogen and oxygen atoms in total. The second-order valence-electron chi connectivity index (χ2n) is 7.20. The average Bonchev–Trinajstić information content (AvgIpc) is 2.84. The fourth-order valence-corrected chi connectivity index (χ4v) is 3.90. The summed E-state index contributed by atoms with van der Waals surface area (Å²) in [6.45, 7) is 0. The maximum Gasteiger partial charge on any atom is 0.257 e. The van der Waals surface area contributed by atoms with Gasteiger partial charge in [-0.2, -0.15) is 0 Å². The first-order valence-electron chi connectivity index (χ1n) is 10.2. The molecular formula is C25H19Cl2N3O4S. The predicted molar refractivity (Wildman–Crippen MR) is 142 cm³/mol. The molecular weight excluding hydrogens is 509 g/mol. The molecule has 0 radical (unpaired) electrons. The monoisotopic (exact) mass is 527 g/mol. The summed E-state index contributed by atoms with van der Waals surface area (Å²) in [7, 11) is 3.12. The number of nitrogens with zero attached hydrogens (tertiary/aromatic N) is 1. The van der Waals surface area contributed by atoms with E-state index in [0.29, 0.717) is 49.8 Å². The smallest absolute Gasteiger partial charge is 0.257 e. The molecule has 0 atom stereocenters. The Morgan fingerprint density at radius 3 is 2.40 bits per heavy atom. The summed E-state index contributed by atoms with van der Waals surface area (Å²) in [4.78, 5) is 16.7. The van der Waals surface area contributed by atoms with Gasteiger partial charge in [-0.25, -0.2) is 0 Å². The Morgan fingerprint density at radius 2 is 1.69 bits per heavy atom. The van der Waals surface area contributed by atoms with Crippen molar-refractivity contribution in [1.29, 1.82) is 0 Å². The topological polar surface area (TPSA) is 81.7 Å². The largest absolute Gasteiger partial charge is 0.493 e. The highest BCUT2D eigenvalue weighted by Gasteiger charge is 2.14. The molecule has 10 heteroatoms. The number of hydrogen-bond donors (Lipinski definition) is 2. The number of hydrogen-bond acceptors (Lipinski definition) is 6. The molecule has 0 fully saturated rings. The molecule has 4 aromatic rings. The van der Waals surface area contributed by atoms with Gasteiger partial charge in [-0.15, -0.1) is 0 Å². The third kappa shape index (κ3) is 5.74. The minimum atomic E-state index is -0.382. The summed E-state index contributed by atoms with van der Waals surface area (Å²) < 4.78 is 16.8. The Labute approximate surface area is 216 Å². The molecule has 1 heterocycles. The molecule has 1 amide bonds. The first kappa shape index (κ1) is 24.5. The van der Waals surface area contributed by atoms with Crippen molar-refractivity contribution in [2.45, 2.75) is 0 Å². The van der Waals surface area contributed by atoms with Gasteiger partial charge in [0.15, 0.2) is 16.6 Å². The summed E-state index contributed by atoms with van der Waals surface area (Å²) in [6.07, 6.45) is 1.63. The van der Waals surface area contributed by atoms with Gasteiger partial charge in [-0.05, 0) is 60.7 Å². The Morgan fingerprint density at radius 1 is 0.914 bits per heavy atom. The molecule has 2 N–H and O–H groups in total. The molecule has 178 valence electrons. The number of amides is 1. The zero-order chi connectivity index (χ0) is 24.9. The van der Waals surface area contributed by atoms with E-state index in [2.05, 4.69) is 15.6 Å². The van der Waals surface area contributed by atoms with E-state index in [1.54, 1.807) is 81.1 Å². The van der Waals surface area contributed by atoms with Crippen LogP contribution in [-0.2, 0) is 0 Å². The van der Waals surface area contributed by atoms with E-state index < -0.39 is 0 Å². The van der Waals surface area contributed by atoms with Gasteiger partial charge >= 0.3 is 0 Å². The number of methoxy groups -OCH3 is 2. The third-order valence-corrected chi connectivity index (χ3v) is 5.66. The van der Waals surface area contributed by atoms with Gasteiger partial charge in [0.05, 0.1) is 24.8 Å². The number of aromatic nitrogens is 1. The molecule has 0 aliphatic heterocycles. The van der Waals surface area contributed by atoms with Crippen LogP contribution in [0.15, 0.2) is 66.9 Å². The van der Waals surface area contributed by atoms with Gasteiger partial charge in [0.25, 0.3) is 5.91 Å². The van der Waals surface area contributed by atoms with Gasteiger partial charge in [-0.3, -0.25) is 15.1 Å². The van der Waals surface area contributed by atoms with Crippen LogP contribution in [0.5, 0.6) is 23.0 Å². The van der Waals surface area contributed by atoms with E-state index in [-0.39, 0.29) is 11.0 Å². The third-order valence-electron chi connectivity index (χ3n) is 4.93. The lowest BCUT2D eigenvalue weighted by molar-refractivity contribution is 0.0977. The minimum absolute atomic E-state index is 0.112. The van der Waals surface area contributed by atoms with Crippen LogP contribution in [0, 0.1) is 0 Å². The van der Waals surface area contributed by atoms with Crippen molar-refractivity contribution in [3.05, 3.63) is 82.5 Å². The molecule has 3 aromatic carbocycles. The molecule has 4 rings (SSSR count). The van der Waals surface area contributed by atoms with E-state index in [4.69, 9.17) is 49.6 Å². The van der Waals surface area contributed by atoms with Gasteiger partial charge in [0.1, 0.15) is 11.5 Å². The average molecular weight is 528 g/mol. The van der Waals surface area contributed by atoms with Crippen LogP contribution in [0.3, 0.4) is 0 Å². The Hall–Kier alpha value is -3.59. The number of anilines is 1. The predicted octanol–water partition coefficient (Wildman–Crippen LogP) is 6.48. The number of carbonyl (C=O) groups is 1. The molecule has 0 bridgehead atoms. The van der Waals surface area contributed by atoms with E-state index in [1.807, 2.05) is 0 Å². The zero-order valence-corrected chi connectivity index (χ0v) is 20.9. The van der Waals surface area contributed by atoms with E-state index >= 15 is 0 Å². The van der Waals surface area contributed by atoms with Crippen molar-refractivity contribution in [1.82, 2.24) is 10.3 Å². The quantitative estimate of drug-likeness (QED) is 0.277. The van der Waals surface area contributed by atoms with E-state index in [0.717, 1.165) is 5.39 Å². The molecule has 35 heavy (non-hydrogen) atoms. The van der Waals surface area contributed by atoms with E-state index in [9.17, 15) is 4.79 Å². The number of nitrogens with one attached hydrogen (secondary N) is 2. The van der Waals surface area contributed by atoms with Crippen LogP contribution in [0.4, 0.5) is 5.69 Å². The zero-order valence-electron chi connectivity index (χ0n) is 18.6. The summed E-state index contributed by atoms with van der Waals surface area (Å²) in [5, 5.41) is 7.17. The molecule has 0 unspecified atom stereocenters. The fourth-order valence-electron chi connectivity index (χ4n) is 3.28. The van der Waals surface area contributed by atoms with Crippen LogP contribution in [-0.4, -0.2) is 30.2 Å². The van der Waals surface area contributed by atoms with Crippen molar-refractivity contribution in [3.8, 4) is 23.0 Å². The van der Waals surface area contributed by atoms with Crippen LogP contribution < -0.4 is 24.8 Å². The van der Waals surface area contributed by atoms with Gasteiger partial charge < -0.3 is 19.5 Å². The highest BCUT2D eigenvalue weighted by molar-refractivity contribution is 7.80. The molecule has 1 aromatic heterocycles. The lowest BCUT2D eigenvalue weighted by Crippen LogP contribution is -2.34. The van der Waals surface area contributed by atoms with Gasteiger partial charge in [-0.1, -0.05) is 29.3 Å². The lowest BCUT2D eigenvalue weighted by Gasteiger charge is -2.14. The van der Waals surface area contributed by atoms with Crippen LogP contribution in [0.1, 0.15) is 10.4 Å². The van der Waals surface area contributed by atoms with Crippen molar-refractivity contribution >= 4 is 63.0 Å². The minimum Gasteiger partial charge on any atom is -0.493 e. The number of fused-ring (bicyclic) bond motifs is 1. The SMILES string of the molecule is COc1cc2nccc(Oc3ccc(NC(=S)NC(=O)c4cccc(Cl)c4)cc3Cl)c2cc1OC. The standard InChI is InChI=1S/C25H19Cl2N3O4S/c1-32-22-12-17-19(13-23(22)33-2)28-9-8-20(17)34-21-7-6-16(11-18(21)27)29-25(35)30-24(31)14-4-3-5-15(26)10-14/h3-13H,1-2H3,(H2,29,30,31,35). The summed E-state index contributed by atoms with van der Waals surface area (Å²) in [6, 6.07) is 16.9. The number of rotatable bonds is 6. The van der Waals surface area contributed by atoms with Crippen LogP contribution in [0.2, 0.25) is 10.0 Å². The number of halogens is 2. The highest BCUT2D eigenvalue weighted by Crippen LogP contribution is 2.38. The Balaban J connectivity index is 1.49. The molecule has 0 saturated carbocycles. The normalized spacial score (nSPS) is 10.5. The number of pyridine rings is 1. The molecule has 0 saturated heterocycles. The second-order valence-corrected chi connectivity index (χ2v) is 8.45. The summed E-state index contributed by atoms with van der Waals surface area (Å²) in [5.74, 6) is 1.71. The van der Waals surface area contributed by atoms with Gasteiger partial charge in [0, 0.05) is 33.9 Å². The first-order chi connectivity index (χ1) is 16.9. The first-order valence-corrected chi connectivity index (χ1v) is 11.4. The number of benzene rings is 3. The highest BCUT2D eigenvalue weighted by atomic mass is 35.5. The van der Waals surface area contributed by atoms with Crippen molar-refractivity contribution in [2.75, 3.05) is 19.5 Å². The lowest BCUT2D eigenvalue weighted by atomic mass is 10.2. The molecule has 0 aliphatic rings. The Bertz CT molecular complexity index is 1430. The number of ether oxygens (including phenoxy) is 3. The van der Waals surface area contributed by atoms with Crippen molar-refractivity contribution in [3.63, 3.8) is 0 Å². The van der Waals surface area contributed by atoms with Crippen LogP contribution in [0.25, 0.3) is 10.9 Å². The molecule has 0 spiro atoms. The van der Waals surface area contributed by atoms with E-state index in [1.165, 1.54) is 0 Å². The van der Waals surface area contributed by atoms with Gasteiger partial charge in [0.2, 0.25) is 0 Å². The van der Waals surface area contributed by atoms with Crippen LogP contribution >= 0.6 is 35.4 Å². The molecule has 0 aliphatic carbocycles. The maximum absolute atomic E-state index is 12.3. The summed E-state index contributed by atoms with van der Waals surface area (Å²) >= 11 is 17.6. The second kappa shape index (κ2) is 10.8. The number of carbonyl (C=O) groups excluding carboxylic acids is 1. The van der Waals surface area contributed by atoms with Crippen molar-refractivity contribution < 1.29 is 19.0 Å².